The Morgan fingerprint density at radius 2 is 2.07 bits per heavy atom. The second kappa shape index (κ2) is 10.1. The highest BCUT2D eigenvalue weighted by molar-refractivity contribution is 7.98. The predicted octanol–water partition coefficient (Wildman–Crippen LogP) is 2.75. The molecule has 12 heteroatoms. The minimum absolute atomic E-state index is 0.117. The maximum absolute atomic E-state index is 11.7. The zero-order valence-electron chi connectivity index (χ0n) is 15.8. The number of anilines is 1. The number of hydrogen-bond donors (Lipinski definition) is 1. The number of aromatic nitrogens is 2. The Hall–Kier alpha value is -3.59. The fraction of sp³-hybridized carbons (Fsp3) is 0.294. The predicted molar refractivity (Wildman–Crippen MR) is 103 cm³/mol. The maximum atomic E-state index is 11.7. The lowest BCUT2D eigenvalue weighted by molar-refractivity contribution is -0.385. The van der Waals surface area contributed by atoms with E-state index < -0.39 is 16.6 Å². The first-order valence-electron chi connectivity index (χ1n) is 8.18. The maximum Gasteiger partial charge on any atom is 0.373 e. The van der Waals surface area contributed by atoms with Crippen molar-refractivity contribution in [1.29, 1.82) is 5.26 Å². The monoisotopic (exact) mass is 419 g/mol. The molecule has 11 nitrogen and oxygen atoms in total. The number of nitrogens with one attached hydrogen (secondary N) is 1. The molecule has 0 bridgehead atoms. The summed E-state index contributed by atoms with van der Waals surface area (Å²) in [5.41, 5.74) is -0.324. The molecule has 0 aliphatic carbocycles. The molecule has 0 unspecified atom stereocenters. The van der Waals surface area contributed by atoms with Crippen LogP contribution in [-0.2, 0) is 9.53 Å². The van der Waals surface area contributed by atoms with Crippen LogP contribution < -0.4 is 14.8 Å². The molecule has 0 amide bonds. The number of hydrogen-bond acceptors (Lipinski definition) is 11. The molecule has 1 aromatic carbocycles. The van der Waals surface area contributed by atoms with Gasteiger partial charge in [0.1, 0.15) is 18.0 Å². The Morgan fingerprint density at radius 1 is 1.34 bits per heavy atom. The minimum atomic E-state index is -0.724. The molecule has 2 aromatic rings. The van der Waals surface area contributed by atoms with E-state index in [1.54, 1.807) is 13.2 Å². The smallest absolute Gasteiger partial charge is 0.373 e. The molecular formula is C17H17N5O6S. The van der Waals surface area contributed by atoms with E-state index in [1.807, 2.05) is 6.07 Å². The summed E-state index contributed by atoms with van der Waals surface area (Å²) in [6, 6.07) is 6.28. The fourth-order valence-corrected chi connectivity index (χ4v) is 2.51. The highest BCUT2D eigenvalue weighted by Gasteiger charge is 2.27. The number of esters is 1. The van der Waals surface area contributed by atoms with Crippen LogP contribution in [0, 0.1) is 21.4 Å². The summed E-state index contributed by atoms with van der Waals surface area (Å²) >= 11 is 1.13. The van der Waals surface area contributed by atoms with Crippen molar-refractivity contribution in [1.82, 2.24) is 9.97 Å². The molecule has 0 spiro atoms. The van der Waals surface area contributed by atoms with Gasteiger partial charge in [-0.15, -0.1) is 0 Å². The first kappa shape index (κ1) is 21.7. The summed E-state index contributed by atoms with van der Waals surface area (Å²) in [7, 11) is 1.41. The summed E-state index contributed by atoms with van der Waals surface area (Å²) in [4.78, 5) is 30.6. The summed E-state index contributed by atoms with van der Waals surface area (Å²) in [5.74, 6) is -0.689. The number of nitro groups is 1. The third-order valence-electron chi connectivity index (χ3n) is 3.36. The third-order valence-corrected chi connectivity index (χ3v) is 3.91. The first-order chi connectivity index (χ1) is 13.9. The van der Waals surface area contributed by atoms with E-state index in [4.69, 9.17) is 19.5 Å². The largest absolute Gasteiger partial charge is 0.497 e. The van der Waals surface area contributed by atoms with Gasteiger partial charge in [-0.05, 0) is 25.3 Å². The molecule has 1 N–H and O–H groups in total. The van der Waals surface area contributed by atoms with E-state index in [1.165, 1.54) is 25.3 Å². The molecule has 0 aliphatic rings. The van der Waals surface area contributed by atoms with Crippen LogP contribution in [0.5, 0.6) is 17.4 Å². The van der Waals surface area contributed by atoms with Crippen LogP contribution in [0.25, 0.3) is 0 Å². The second-order valence-corrected chi connectivity index (χ2v) is 6.01. The van der Waals surface area contributed by atoms with Crippen LogP contribution >= 0.6 is 11.8 Å². The van der Waals surface area contributed by atoms with Gasteiger partial charge in [0.05, 0.1) is 30.3 Å². The lowest BCUT2D eigenvalue weighted by Gasteiger charge is -2.11. The van der Waals surface area contributed by atoms with Gasteiger partial charge in [-0.25, -0.2) is 0 Å². The van der Waals surface area contributed by atoms with E-state index in [0.29, 0.717) is 5.75 Å². The standard InChI is InChI=1S/C17H17N5O6S/c1-4-27-13(23)9-19-15-14(22(24)25)16(21-17(20-15)29-3)28-12-6-10(8-18)5-11(7-12)26-2/h5-7H,4,9H2,1-3H3,(H,19,20,21). The summed E-state index contributed by atoms with van der Waals surface area (Å²) in [5, 5.41) is 23.6. The quantitative estimate of drug-likeness (QED) is 0.210. The van der Waals surface area contributed by atoms with E-state index in [0.717, 1.165) is 11.8 Å². The average Bonchev–Trinajstić information content (AvgIpc) is 2.71. The van der Waals surface area contributed by atoms with Crippen molar-refractivity contribution < 1.29 is 23.9 Å². The van der Waals surface area contributed by atoms with Crippen molar-refractivity contribution in [2.24, 2.45) is 0 Å². The average molecular weight is 419 g/mol. The number of nitriles is 1. The Balaban J connectivity index is 2.47. The summed E-state index contributed by atoms with van der Waals surface area (Å²) in [6.45, 7) is 1.50. The van der Waals surface area contributed by atoms with Crippen LogP contribution in [0.1, 0.15) is 12.5 Å². The Bertz CT molecular complexity index is 962. The molecule has 2 rings (SSSR count). The van der Waals surface area contributed by atoms with Gasteiger partial charge < -0.3 is 19.5 Å². The number of carbonyl (C=O) groups excluding carboxylic acids is 1. The second-order valence-electron chi connectivity index (χ2n) is 5.24. The van der Waals surface area contributed by atoms with E-state index in [2.05, 4.69) is 15.3 Å². The van der Waals surface area contributed by atoms with Crippen molar-refractivity contribution in [2.45, 2.75) is 12.1 Å². The normalized spacial score (nSPS) is 10.0. The van der Waals surface area contributed by atoms with Gasteiger partial charge >= 0.3 is 17.5 Å². The van der Waals surface area contributed by atoms with Crippen LogP contribution in [0.2, 0.25) is 0 Å². The fourth-order valence-electron chi connectivity index (χ4n) is 2.16. The molecule has 0 saturated carbocycles. The highest BCUT2D eigenvalue weighted by Crippen LogP contribution is 2.37. The molecule has 1 aromatic heterocycles. The molecule has 0 aliphatic heterocycles. The molecule has 1 heterocycles. The topological polar surface area (TPSA) is 150 Å². The van der Waals surface area contributed by atoms with E-state index in [-0.39, 0.29) is 41.3 Å². The van der Waals surface area contributed by atoms with Crippen molar-refractivity contribution >= 4 is 29.2 Å². The van der Waals surface area contributed by atoms with Crippen LogP contribution in [0.15, 0.2) is 23.4 Å². The summed E-state index contributed by atoms with van der Waals surface area (Å²) < 4.78 is 15.5. The molecular weight excluding hydrogens is 402 g/mol. The molecule has 0 radical (unpaired) electrons. The number of methoxy groups -OCH3 is 1. The lowest BCUT2D eigenvalue weighted by atomic mass is 10.2. The van der Waals surface area contributed by atoms with Gasteiger partial charge in [0.15, 0.2) is 5.16 Å². The van der Waals surface area contributed by atoms with Gasteiger partial charge in [0.2, 0.25) is 5.82 Å². The van der Waals surface area contributed by atoms with Crippen molar-refractivity contribution in [3.63, 3.8) is 0 Å². The molecule has 0 fully saturated rings. The summed E-state index contributed by atoms with van der Waals surface area (Å²) in [6.07, 6.45) is 1.68. The van der Waals surface area contributed by atoms with E-state index >= 15 is 0 Å². The van der Waals surface area contributed by atoms with Crippen LogP contribution in [0.4, 0.5) is 11.5 Å². The zero-order chi connectivity index (χ0) is 21.4. The molecule has 0 saturated heterocycles. The number of rotatable bonds is 9. The Kier molecular flexibility index (Phi) is 7.55. The highest BCUT2D eigenvalue weighted by atomic mass is 32.2. The first-order valence-corrected chi connectivity index (χ1v) is 9.41. The van der Waals surface area contributed by atoms with E-state index in [9.17, 15) is 14.9 Å². The Morgan fingerprint density at radius 3 is 2.66 bits per heavy atom. The molecule has 152 valence electrons. The lowest BCUT2D eigenvalue weighted by Crippen LogP contribution is -2.18. The number of thioether (sulfide) groups is 1. The van der Waals surface area contributed by atoms with Crippen molar-refractivity contribution in [2.75, 3.05) is 31.8 Å². The minimum Gasteiger partial charge on any atom is -0.497 e. The number of nitrogens with zero attached hydrogens (tertiary/aromatic N) is 4. The van der Waals surface area contributed by atoms with Crippen molar-refractivity contribution in [3.05, 3.63) is 33.9 Å². The van der Waals surface area contributed by atoms with Gasteiger partial charge in [-0.1, -0.05) is 11.8 Å². The number of benzene rings is 1. The number of carbonyl (C=O) groups is 1. The van der Waals surface area contributed by atoms with Gasteiger partial charge in [-0.2, -0.15) is 15.2 Å². The zero-order valence-corrected chi connectivity index (χ0v) is 16.6. The Labute approximate surface area is 170 Å². The van der Waals surface area contributed by atoms with Gasteiger partial charge in [0, 0.05) is 6.07 Å². The molecule has 29 heavy (non-hydrogen) atoms. The van der Waals surface area contributed by atoms with Gasteiger partial charge in [-0.3, -0.25) is 14.9 Å². The van der Waals surface area contributed by atoms with Crippen LogP contribution in [-0.4, -0.2) is 47.4 Å². The SMILES string of the molecule is CCOC(=O)CNc1nc(SC)nc(Oc2cc(C#N)cc(OC)c2)c1[N+](=O)[O-]. The number of ether oxygens (including phenoxy) is 3. The van der Waals surface area contributed by atoms with Crippen LogP contribution in [0.3, 0.4) is 0 Å². The van der Waals surface area contributed by atoms with Gasteiger partial charge in [0.25, 0.3) is 0 Å². The van der Waals surface area contributed by atoms with Crippen molar-refractivity contribution in [3.8, 4) is 23.4 Å². The third kappa shape index (κ3) is 5.69. The molecule has 0 atom stereocenters.